The number of hydrogen-bond acceptors (Lipinski definition) is 8. The molecule has 0 spiro atoms. The third kappa shape index (κ3) is 5.08. The van der Waals surface area contributed by atoms with Crippen LogP contribution in [0.1, 0.15) is 18.1 Å². The molecule has 0 aromatic heterocycles. The average molecular weight is 492 g/mol. The van der Waals surface area contributed by atoms with Gasteiger partial charge in [0, 0.05) is 13.1 Å². The van der Waals surface area contributed by atoms with E-state index in [0.29, 0.717) is 48.7 Å². The van der Waals surface area contributed by atoms with Crippen molar-refractivity contribution in [2.45, 2.75) is 13.5 Å². The molecule has 2 aromatic rings. The second-order valence-corrected chi connectivity index (χ2v) is 8.85. The van der Waals surface area contributed by atoms with Gasteiger partial charge < -0.3 is 19.1 Å². The zero-order valence-electron chi connectivity index (χ0n) is 19.3. The summed E-state index contributed by atoms with van der Waals surface area (Å²) in [5, 5.41) is 15.7. The fourth-order valence-electron chi connectivity index (χ4n) is 3.77. The van der Waals surface area contributed by atoms with Gasteiger partial charge in [0.1, 0.15) is 6.61 Å². The number of ether oxygens (including phenoxy) is 3. The molecule has 0 bridgehead atoms. The van der Waals surface area contributed by atoms with E-state index in [4.69, 9.17) is 19.6 Å². The van der Waals surface area contributed by atoms with E-state index in [9.17, 15) is 4.79 Å². The molecule has 2 aromatic carbocycles. The van der Waals surface area contributed by atoms with Crippen LogP contribution >= 0.6 is 11.8 Å². The van der Waals surface area contributed by atoms with Crippen LogP contribution in [0.15, 0.2) is 64.2 Å². The molecule has 5 rings (SSSR count). The number of hydrogen-bond donors (Lipinski definition) is 1. The second-order valence-electron chi connectivity index (χ2n) is 7.92. The number of rotatable bonds is 6. The molecule has 180 valence electrons. The van der Waals surface area contributed by atoms with Gasteiger partial charge in [-0.05, 0) is 48.0 Å². The van der Waals surface area contributed by atoms with Crippen molar-refractivity contribution in [3.63, 3.8) is 0 Å². The SMILES string of the molecule is CCOc1cc(/C=C2/C(=N)N3N=C(N4CCOCC4)SC3=NC2=O)ccc1OCc1ccccc1. The van der Waals surface area contributed by atoms with Crippen molar-refractivity contribution >= 4 is 39.9 Å². The molecular formula is C25H25N5O4S. The Morgan fingerprint density at radius 3 is 2.66 bits per heavy atom. The van der Waals surface area contributed by atoms with Crippen LogP contribution in [0.5, 0.6) is 11.5 Å². The maximum absolute atomic E-state index is 12.8. The molecule has 0 atom stereocenters. The standard InChI is InChI=1S/C25H25N5O4S/c1-2-33-21-15-18(8-9-20(21)34-16-17-6-4-3-5-7-17)14-19-22(26)30-24(27-23(19)31)35-25(28-30)29-10-12-32-13-11-29/h3-9,14-15,26H,2,10-13,16H2,1H3/b19-14-,26-22?. The topological polar surface area (TPSA) is 99.8 Å². The lowest BCUT2D eigenvalue weighted by Crippen LogP contribution is -2.39. The summed E-state index contributed by atoms with van der Waals surface area (Å²) in [7, 11) is 0. The molecule has 35 heavy (non-hydrogen) atoms. The first-order chi connectivity index (χ1) is 17.1. The fraction of sp³-hybridized carbons (Fsp3) is 0.280. The van der Waals surface area contributed by atoms with Gasteiger partial charge in [0.05, 0.1) is 25.4 Å². The van der Waals surface area contributed by atoms with Crippen molar-refractivity contribution < 1.29 is 19.0 Å². The molecule has 0 unspecified atom stereocenters. The fourth-order valence-corrected chi connectivity index (χ4v) is 4.71. The van der Waals surface area contributed by atoms with Crippen LogP contribution in [-0.4, -0.2) is 64.9 Å². The number of thioether (sulfide) groups is 1. The quantitative estimate of drug-likeness (QED) is 0.617. The Morgan fingerprint density at radius 1 is 1.09 bits per heavy atom. The number of fused-ring (bicyclic) bond motifs is 1. The van der Waals surface area contributed by atoms with Crippen LogP contribution in [-0.2, 0) is 16.1 Å². The van der Waals surface area contributed by atoms with Crippen LogP contribution in [0.25, 0.3) is 6.08 Å². The Morgan fingerprint density at radius 2 is 1.89 bits per heavy atom. The second kappa shape index (κ2) is 10.3. The maximum Gasteiger partial charge on any atom is 0.283 e. The molecule has 1 saturated heterocycles. The minimum absolute atomic E-state index is 0.00174. The molecule has 3 aliphatic rings. The van der Waals surface area contributed by atoms with Crippen molar-refractivity contribution in [2.24, 2.45) is 10.1 Å². The smallest absolute Gasteiger partial charge is 0.283 e. The highest BCUT2D eigenvalue weighted by atomic mass is 32.2. The molecule has 0 aliphatic carbocycles. The van der Waals surface area contributed by atoms with Gasteiger partial charge in [-0.25, -0.2) is 0 Å². The molecule has 1 amide bonds. The van der Waals surface area contributed by atoms with Gasteiger partial charge in [0.25, 0.3) is 5.91 Å². The Kier molecular flexibility index (Phi) is 6.82. The van der Waals surface area contributed by atoms with E-state index in [-0.39, 0.29) is 11.4 Å². The van der Waals surface area contributed by atoms with E-state index in [2.05, 4.69) is 15.0 Å². The number of morpholine rings is 1. The summed E-state index contributed by atoms with van der Waals surface area (Å²) in [5.74, 6) is 0.715. The van der Waals surface area contributed by atoms with E-state index < -0.39 is 5.91 Å². The Labute approximate surface area is 207 Å². The zero-order valence-corrected chi connectivity index (χ0v) is 20.1. The van der Waals surface area contributed by atoms with E-state index in [1.165, 1.54) is 16.8 Å². The number of nitrogens with one attached hydrogen (secondary N) is 1. The van der Waals surface area contributed by atoms with Gasteiger partial charge in [-0.15, -0.1) is 5.10 Å². The predicted octanol–water partition coefficient (Wildman–Crippen LogP) is 3.57. The molecule has 0 saturated carbocycles. The first-order valence-electron chi connectivity index (χ1n) is 11.4. The highest BCUT2D eigenvalue weighted by Gasteiger charge is 2.37. The summed E-state index contributed by atoms with van der Waals surface area (Å²) < 4.78 is 17.2. The average Bonchev–Trinajstić information content (AvgIpc) is 3.32. The number of nitrogens with zero attached hydrogens (tertiary/aromatic N) is 4. The largest absolute Gasteiger partial charge is 0.490 e. The van der Waals surface area contributed by atoms with E-state index in [1.54, 1.807) is 12.1 Å². The van der Waals surface area contributed by atoms with Crippen molar-refractivity contribution in [3.8, 4) is 11.5 Å². The van der Waals surface area contributed by atoms with Crippen LogP contribution in [0.4, 0.5) is 0 Å². The summed E-state index contributed by atoms with van der Waals surface area (Å²) in [6, 6.07) is 15.3. The van der Waals surface area contributed by atoms with Crippen LogP contribution in [0.2, 0.25) is 0 Å². The number of hydrazone groups is 1. The van der Waals surface area contributed by atoms with Gasteiger partial charge >= 0.3 is 0 Å². The summed E-state index contributed by atoms with van der Waals surface area (Å²) in [6.45, 7) is 5.47. The zero-order chi connectivity index (χ0) is 24.2. The third-order valence-electron chi connectivity index (χ3n) is 5.54. The lowest BCUT2D eigenvalue weighted by molar-refractivity contribution is -0.114. The molecule has 10 heteroatoms. The molecule has 9 nitrogen and oxygen atoms in total. The summed E-state index contributed by atoms with van der Waals surface area (Å²) in [4.78, 5) is 19.1. The van der Waals surface area contributed by atoms with E-state index in [0.717, 1.165) is 23.8 Å². The monoisotopic (exact) mass is 491 g/mol. The Balaban J connectivity index is 1.36. The van der Waals surface area contributed by atoms with Crippen molar-refractivity contribution in [1.82, 2.24) is 9.91 Å². The van der Waals surface area contributed by atoms with Crippen LogP contribution < -0.4 is 9.47 Å². The van der Waals surface area contributed by atoms with E-state index >= 15 is 0 Å². The highest BCUT2D eigenvalue weighted by molar-refractivity contribution is 8.26. The first kappa shape index (κ1) is 23.1. The number of benzene rings is 2. The van der Waals surface area contributed by atoms with Crippen molar-refractivity contribution in [2.75, 3.05) is 32.9 Å². The molecule has 3 heterocycles. The van der Waals surface area contributed by atoms with Gasteiger partial charge in [0.2, 0.25) is 5.17 Å². The van der Waals surface area contributed by atoms with Gasteiger partial charge in [-0.1, -0.05) is 36.4 Å². The van der Waals surface area contributed by atoms with Crippen LogP contribution in [0.3, 0.4) is 0 Å². The molecule has 1 fully saturated rings. The van der Waals surface area contributed by atoms with Gasteiger partial charge in [-0.2, -0.15) is 10.0 Å². The maximum atomic E-state index is 12.8. The number of aliphatic imine (C=N–C) groups is 1. The van der Waals surface area contributed by atoms with Gasteiger partial charge in [0.15, 0.2) is 22.5 Å². The minimum Gasteiger partial charge on any atom is -0.490 e. The lowest BCUT2D eigenvalue weighted by Gasteiger charge is -2.26. The normalized spacial score (nSPS) is 18.9. The van der Waals surface area contributed by atoms with Gasteiger partial charge in [-0.3, -0.25) is 10.2 Å². The minimum atomic E-state index is -0.463. The summed E-state index contributed by atoms with van der Waals surface area (Å²) in [5.41, 5.74) is 1.93. The Hall–Kier alpha value is -3.63. The molecular weight excluding hydrogens is 466 g/mol. The number of carbonyl (C=O) groups is 1. The first-order valence-corrected chi connectivity index (χ1v) is 12.2. The third-order valence-corrected chi connectivity index (χ3v) is 6.51. The van der Waals surface area contributed by atoms with Crippen molar-refractivity contribution in [1.29, 1.82) is 5.41 Å². The summed E-state index contributed by atoms with van der Waals surface area (Å²) >= 11 is 1.30. The van der Waals surface area contributed by atoms with E-state index in [1.807, 2.05) is 49.4 Å². The number of carbonyl (C=O) groups excluding carboxylic acids is 1. The summed E-state index contributed by atoms with van der Waals surface area (Å²) in [6.07, 6.45) is 1.64. The highest BCUT2D eigenvalue weighted by Crippen LogP contribution is 2.33. The van der Waals surface area contributed by atoms with Crippen molar-refractivity contribution in [3.05, 3.63) is 65.2 Å². The van der Waals surface area contributed by atoms with Crippen LogP contribution in [0, 0.1) is 5.41 Å². The molecule has 0 radical (unpaired) electrons. The number of amides is 1. The predicted molar refractivity (Wildman–Crippen MR) is 136 cm³/mol. The number of amidine groups is 3. The Bertz CT molecular complexity index is 1220. The molecule has 1 N–H and O–H groups in total. The molecule has 3 aliphatic heterocycles. The lowest BCUT2D eigenvalue weighted by atomic mass is 10.1.